The molecule has 2 nitrogen and oxygen atoms in total. The van der Waals surface area contributed by atoms with Crippen molar-refractivity contribution in [3.63, 3.8) is 0 Å². The SMILES string of the molecule is C=CCCCOC1CCC(O)CC1. The Morgan fingerprint density at radius 1 is 1.31 bits per heavy atom. The number of unbranched alkanes of at least 4 members (excludes halogenated alkanes) is 1. The number of ether oxygens (including phenoxy) is 1. The Kier molecular flexibility index (Phi) is 5.09. The lowest BCUT2D eigenvalue weighted by Gasteiger charge is -2.25. The van der Waals surface area contributed by atoms with Crippen molar-refractivity contribution < 1.29 is 9.84 Å². The van der Waals surface area contributed by atoms with E-state index in [0.29, 0.717) is 6.10 Å². The highest BCUT2D eigenvalue weighted by atomic mass is 16.5. The molecule has 13 heavy (non-hydrogen) atoms. The first kappa shape index (κ1) is 10.7. The summed E-state index contributed by atoms with van der Waals surface area (Å²) in [6.07, 6.45) is 8.22. The third kappa shape index (κ3) is 4.44. The average Bonchev–Trinajstić information content (AvgIpc) is 2.15. The van der Waals surface area contributed by atoms with Crippen LogP contribution in [-0.4, -0.2) is 23.9 Å². The van der Waals surface area contributed by atoms with E-state index in [1.54, 1.807) is 0 Å². The smallest absolute Gasteiger partial charge is 0.0577 e. The number of rotatable bonds is 5. The zero-order chi connectivity index (χ0) is 9.52. The molecule has 0 aromatic rings. The van der Waals surface area contributed by atoms with E-state index in [4.69, 9.17) is 4.74 Å². The molecule has 0 aliphatic heterocycles. The molecular formula is C11H20O2. The molecule has 1 fully saturated rings. The van der Waals surface area contributed by atoms with Crippen LogP contribution in [0.25, 0.3) is 0 Å². The first-order valence-electron chi connectivity index (χ1n) is 5.23. The molecule has 0 spiro atoms. The number of allylic oxidation sites excluding steroid dienone is 1. The highest BCUT2D eigenvalue weighted by molar-refractivity contribution is 4.72. The normalized spacial score (nSPS) is 28.7. The van der Waals surface area contributed by atoms with Gasteiger partial charge in [-0.3, -0.25) is 0 Å². The molecule has 0 aromatic carbocycles. The Labute approximate surface area is 80.6 Å². The van der Waals surface area contributed by atoms with Gasteiger partial charge in [0.15, 0.2) is 0 Å². The second-order valence-electron chi connectivity index (χ2n) is 3.73. The summed E-state index contributed by atoms with van der Waals surface area (Å²) in [5.41, 5.74) is 0. The minimum Gasteiger partial charge on any atom is -0.393 e. The molecule has 2 heteroatoms. The van der Waals surface area contributed by atoms with Crippen molar-refractivity contribution in [1.82, 2.24) is 0 Å². The maximum Gasteiger partial charge on any atom is 0.0577 e. The fourth-order valence-electron chi connectivity index (χ4n) is 1.69. The topological polar surface area (TPSA) is 29.5 Å². The van der Waals surface area contributed by atoms with Gasteiger partial charge in [-0.05, 0) is 38.5 Å². The van der Waals surface area contributed by atoms with E-state index in [-0.39, 0.29) is 6.10 Å². The van der Waals surface area contributed by atoms with Crippen LogP contribution in [0.2, 0.25) is 0 Å². The maximum absolute atomic E-state index is 9.27. The van der Waals surface area contributed by atoms with Crippen LogP contribution >= 0.6 is 0 Å². The van der Waals surface area contributed by atoms with Crippen LogP contribution in [-0.2, 0) is 4.74 Å². The summed E-state index contributed by atoms with van der Waals surface area (Å²) in [7, 11) is 0. The third-order valence-corrected chi connectivity index (χ3v) is 2.55. The van der Waals surface area contributed by atoms with Gasteiger partial charge in [-0.15, -0.1) is 6.58 Å². The van der Waals surface area contributed by atoms with E-state index in [9.17, 15) is 5.11 Å². The second kappa shape index (κ2) is 6.17. The highest BCUT2D eigenvalue weighted by Crippen LogP contribution is 2.21. The van der Waals surface area contributed by atoms with E-state index in [1.165, 1.54) is 0 Å². The zero-order valence-corrected chi connectivity index (χ0v) is 8.24. The van der Waals surface area contributed by atoms with Crippen LogP contribution in [0, 0.1) is 0 Å². The van der Waals surface area contributed by atoms with Gasteiger partial charge in [-0.1, -0.05) is 6.08 Å². The van der Waals surface area contributed by atoms with Crippen molar-refractivity contribution in [3.05, 3.63) is 12.7 Å². The molecule has 1 N–H and O–H groups in total. The summed E-state index contributed by atoms with van der Waals surface area (Å²) in [5, 5.41) is 9.27. The molecule has 0 heterocycles. The third-order valence-electron chi connectivity index (χ3n) is 2.55. The molecule has 1 aliphatic rings. The Morgan fingerprint density at radius 2 is 2.00 bits per heavy atom. The number of aliphatic hydroxyl groups excluding tert-OH is 1. The van der Waals surface area contributed by atoms with Gasteiger partial charge in [0, 0.05) is 6.61 Å². The lowest BCUT2D eigenvalue weighted by atomic mass is 9.95. The Bertz CT molecular complexity index is 137. The van der Waals surface area contributed by atoms with Crippen LogP contribution in [0.5, 0.6) is 0 Å². The molecule has 0 bridgehead atoms. The second-order valence-corrected chi connectivity index (χ2v) is 3.73. The Hall–Kier alpha value is -0.340. The average molecular weight is 184 g/mol. The first-order chi connectivity index (χ1) is 6.33. The van der Waals surface area contributed by atoms with E-state index < -0.39 is 0 Å². The molecule has 1 rings (SSSR count). The zero-order valence-electron chi connectivity index (χ0n) is 8.24. The van der Waals surface area contributed by atoms with Crippen molar-refractivity contribution in [3.8, 4) is 0 Å². The minimum atomic E-state index is -0.0759. The molecule has 1 saturated carbocycles. The summed E-state index contributed by atoms with van der Waals surface area (Å²) < 4.78 is 5.67. The van der Waals surface area contributed by atoms with Crippen molar-refractivity contribution in [1.29, 1.82) is 0 Å². The lowest BCUT2D eigenvalue weighted by Crippen LogP contribution is -2.24. The van der Waals surface area contributed by atoms with Gasteiger partial charge in [-0.2, -0.15) is 0 Å². The lowest BCUT2D eigenvalue weighted by molar-refractivity contribution is -0.00366. The summed E-state index contributed by atoms with van der Waals surface area (Å²) in [4.78, 5) is 0. The van der Waals surface area contributed by atoms with Crippen LogP contribution < -0.4 is 0 Å². The molecule has 0 unspecified atom stereocenters. The van der Waals surface area contributed by atoms with Crippen molar-refractivity contribution in [2.24, 2.45) is 0 Å². The predicted octanol–water partition coefficient (Wildman–Crippen LogP) is 2.27. The summed E-state index contributed by atoms with van der Waals surface area (Å²) in [6, 6.07) is 0. The van der Waals surface area contributed by atoms with Gasteiger partial charge >= 0.3 is 0 Å². The minimum absolute atomic E-state index is 0.0759. The molecule has 0 atom stereocenters. The Morgan fingerprint density at radius 3 is 2.62 bits per heavy atom. The first-order valence-corrected chi connectivity index (χ1v) is 5.23. The molecule has 76 valence electrons. The maximum atomic E-state index is 9.27. The molecule has 0 saturated heterocycles. The summed E-state index contributed by atoms with van der Waals surface area (Å²) >= 11 is 0. The molecule has 0 amide bonds. The molecular weight excluding hydrogens is 164 g/mol. The number of aliphatic hydroxyl groups is 1. The number of hydrogen-bond donors (Lipinski definition) is 1. The fraction of sp³-hybridized carbons (Fsp3) is 0.818. The van der Waals surface area contributed by atoms with Gasteiger partial charge in [0.05, 0.1) is 12.2 Å². The van der Waals surface area contributed by atoms with Gasteiger partial charge < -0.3 is 9.84 Å². The van der Waals surface area contributed by atoms with Gasteiger partial charge in [0.1, 0.15) is 0 Å². The van der Waals surface area contributed by atoms with Crippen molar-refractivity contribution in [2.45, 2.75) is 50.7 Å². The standard InChI is InChI=1S/C11H20O2/c1-2-3-4-9-13-11-7-5-10(12)6-8-11/h2,10-12H,1,3-9H2. The quantitative estimate of drug-likeness (QED) is 0.524. The van der Waals surface area contributed by atoms with E-state index in [2.05, 4.69) is 6.58 Å². The van der Waals surface area contributed by atoms with Crippen LogP contribution in [0.4, 0.5) is 0 Å². The van der Waals surface area contributed by atoms with E-state index in [0.717, 1.165) is 45.1 Å². The largest absolute Gasteiger partial charge is 0.393 e. The monoisotopic (exact) mass is 184 g/mol. The number of hydrogen-bond acceptors (Lipinski definition) is 2. The Balaban J connectivity index is 1.99. The fourth-order valence-corrected chi connectivity index (χ4v) is 1.69. The van der Waals surface area contributed by atoms with Crippen molar-refractivity contribution >= 4 is 0 Å². The highest BCUT2D eigenvalue weighted by Gasteiger charge is 2.19. The van der Waals surface area contributed by atoms with Crippen LogP contribution in [0.1, 0.15) is 38.5 Å². The summed E-state index contributed by atoms with van der Waals surface area (Å²) in [5.74, 6) is 0. The van der Waals surface area contributed by atoms with Gasteiger partial charge in [-0.25, -0.2) is 0 Å². The van der Waals surface area contributed by atoms with E-state index >= 15 is 0 Å². The van der Waals surface area contributed by atoms with E-state index in [1.807, 2.05) is 6.08 Å². The van der Waals surface area contributed by atoms with Gasteiger partial charge in [0.2, 0.25) is 0 Å². The molecule has 1 aliphatic carbocycles. The van der Waals surface area contributed by atoms with Gasteiger partial charge in [0.25, 0.3) is 0 Å². The molecule has 0 radical (unpaired) electrons. The summed E-state index contributed by atoms with van der Waals surface area (Å²) in [6.45, 7) is 4.51. The van der Waals surface area contributed by atoms with Crippen LogP contribution in [0.3, 0.4) is 0 Å². The van der Waals surface area contributed by atoms with Crippen LogP contribution in [0.15, 0.2) is 12.7 Å². The predicted molar refractivity (Wildman–Crippen MR) is 53.6 cm³/mol. The molecule has 0 aromatic heterocycles. The van der Waals surface area contributed by atoms with Crippen molar-refractivity contribution in [2.75, 3.05) is 6.61 Å².